The van der Waals surface area contributed by atoms with E-state index in [2.05, 4.69) is 18.9 Å². The molecule has 6 nitrogen and oxygen atoms in total. The number of unbranched alkanes of at least 4 members (excludes halogenated alkanes) is 3. The monoisotopic (exact) mass is 495 g/mol. The van der Waals surface area contributed by atoms with Crippen LogP contribution in [0.3, 0.4) is 0 Å². The molecule has 1 aromatic carbocycles. The summed E-state index contributed by atoms with van der Waals surface area (Å²) in [4.78, 5) is 27.6. The molecular formula is C24H34BrNO5. The van der Waals surface area contributed by atoms with Crippen LogP contribution in [-0.4, -0.2) is 60.9 Å². The van der Waals surface area contributed by atoms with Gasteiger partial charge in [0.2, 0.25) is 0 Å². The minimum atomic E-state index is -0.589. The molecule has 1 aromatic rings. The average molecular weight is 496 g/mol. The number of nitrogens with zero attached hydrogens (tertiary/aromatic N) is 1. The third-order valence-electron chi connectivity index (χ3n) is 6.79. The quantitative estimate of drug-likeness (QED) is 0.277. The van der Waals surface area contributed by atoms with Crippen LogP contribution in [0.4, 0.5) is 0 Å². The average Bonchev–Trinajstić information content (AvgIpc) is 3.50. The molecule has 7 heteroatoms. The fourth-order valence-electron chi connectivity index (χ4n) is 4.97. The fraction of sp³-hybridized carbons (Fsp3) is 0.667. The standard InChI is InChI=1S/C24H33NO5.BrH/c1-3-4-5-9-12-21(26)28-15-18(16-10-7-6-8-11-16)24(27)29-17-13-19-22-23(30-22)20(14-17)25(19)2;/h6-8,10-11,17-20,22-23H,3-5,9,12-15H2,1-2H3;1H/t17-,18-,19-,20+,22-,23+;/m1./s1. The third-order valence-corrected chi connectivity index (χ3v) is 6.79. The zero-order valence-corrected chi connectivity index (χ0v) is 20.1. The van der Waals surface area contributed by atoms with E-state index in [1.165, 1.54) is 0 Å². The Morgan fingerprint density at radius 2 is 1.77 bits per heavy atom. The van der Waals surface area contributed by atoms with Crippen LogP contribution in [0.5, 0.6) is 0 Å². The maximum Gasteiger partial charge on any atom is 0.317 e. The molecule has 3 aliphatic rings. The molecule has 0 N–H and O–H groups in total. The minimum absolute atomic E-state index is 0. The van der Waals surface area contributed by atoms with Gasteiger partial charge in [-0.15, -0.1) is 17.0 Å². The number of hydrogen-bond acceptors (Lipinski definition) is 6. The molecule has 6 atom stereocenters. The van der Waals surface area contributed by atoms with Gasteiger partial charge in [0.25, 0.3) is 0 Å². The smallest absolute Gasteiger partial charge is 0.317 e. The van der Waals surface area contributed by atoms with Crippen LogP contribution in [0.1, 0.15) is 63.4 Å². The summed E-state index contributed by atoms with van der Waals surface area (Å²) < 4.78 is 17.1. The van der Waals surface area contributed by atoms with Gasteiger partial charge < -0.3 is 14.2 Å². The second-order valence-electron chi connectivity index (χ2n) is 8.85. The zero-order valence-electron chi connectivity index (χ0n) is 18.4. The molecule has 0 aromatic heterocycles. The van der Waals surface area contributed by atoms with Crippen LogP contribution in [0.25, 0.3) is 0 Å². The van der Waals surface area contributed by atoms with E-state index in [9.17, 15) is 9.59 Å². The van der Waals surface area contributed by atoms with Gasteiger partial charge in [-0.1, -0.05) is 56.5 Å². The number of carbonyl (C=O) groups excluding carboxylic acids is 2. The van der Waals surface area contributed by atoms with Crippen molar-refractivity contribution in [2.75, 3.05) is 13.7 Å². The maximum atomic E-state index is 13.1. The summed E-state index contributed by atoms with van der Waals surface area (Å²) in [6.07, 6.45) is 6.63. The molecule has 3 fully saturated rings. The molecule has 0 aliphatic carbocycles. The van der Waals surface area contributed by atoms with Crippen molar-refractivity contribution < 1.29 is 23.8 Å². The maximum absolute atomic E-state index is 13.1. The SMILES string of the molecule is Br.CCCCCCC(=O)OC[C@@H](C(=O)O[C@@H]1C[C@@H]2[C@H]3O[C@H]3[C@H](C1)N2C)c1ccccc1. The number of likely N-dealkylation sites (N-methyl/N-ethyl adjacent to an activating group) is 1. The first kappa shape index (κ1) is 24.2. The molecule has 3 aliphatic heterocycles. The molecule has 0 unspecified atom stereocenters. The number of hydrogen-bond donors (Lipinski definition) is 0. The summed E-state index contributed by atoms with van der Waals surface area (Å²) in [5.41, 5.74) is 0.823. The van der Waals surface area contributed by atoms with Gasteiger partial charge in [0.1, 0.15) is 30.8 Å². The van der Waals surface area contributed by atoms with Crippen molar-refractivity contribution in [3.8, 4) is 0 Å². The van der Waals surface area contributed by atoms with Gasteiger partial charge >= 0.3 is 11.9 Å². The Balaban J connectivity index is 0.00000272. The van der Waals surface area contributed by atoms with E-state index in [1.807, 2.05) is 30.3 Å². The van der Waals surface area contributed by atoms with Crippen molar-refractivity contribution in [3.05, 3.63) is 35.9 Å². The predicted molar refractivity (Wildman–Crippen MR) is 122 cm³/mol. The van der Waals surface area contributed by atoms with Crippen molar-refractivity contribution in [3.63, 3.8) is 0 Å². The number of esters is 2. The van der Waals surface area contributed by atoms with E-state index >= 15 is 0 Å². The van der Waals surface area contributed by atoms with Gasteiger partial charge in [0.15, 0.2) is 0 Å². The topological polar surface area (TPSA) is 68.4 Å². The van der Waals surface area contributed by atoms with Crippen LogP contribution < -0.4 is 0 Å². The van der Waals surface area contributed by atoms with Crippen LogP contribution in [0.2, 0.25) is 0 Å². The lowest BCUT2D eigenvalue weighted by atomic mass is 9.97. The molecule has 0 radical (unpaired) electrons. The van der Waals surface area contributed by atoms with Gasteiger partial charge in [-0.3, -0.25) is 14.5 Å². The van der Waals surface area contributed by atoms with Crippen LogP contribution in [0, 0.1) is 0 Å². The lowest BCUT2D eigenvalue weighted by Crippen LogP contribution is -2.48. The highest BCUT2D eigenvalue weighted by Gasteiger charge is 2.62. The first-order valence-corrected chi connectivity index (χ1v) is 11.4. The Labute approximate surface area is 195 Å². The molecule has 3 heterocycles. The molecule has 3 saturated heterocycles. The number of halogens is 1. The summed E-state index contributed by atoms with van der Waals surface area (Å²) in [5.74, 6) is -1.13. The number of ether oxygens (including phenoxy) is 3. The molecular weight excluding hydrogens is 462 g/mol. The van der Waals surface area contributed by atoms with E-state index in [1.54, 1.807) is 0 Å². The van der Waals surface area contributed by atoms with Crippen molar-refractivity contribution in [1.82, 2.24) is 4.90 Å². The number of fused-ring (bicyclic) bond motifs is 5. The normalized spacial score (nSPS) is 29.4. The zero-order chi connectivity index (χ0) is 21.1. The Bertz CT molecular complexity index is 727. The molecule has 0 amide bonds. The number of piperidine rings is 1. The Morgan fingerprint density at radius 3 is 2.42 bits per heavy atom. The number of epoxide rings is 1. The fourth-order valence-corrected chi connectivity index (χ4v) is 4.97. The summed E-state index contributed by atoms with van der Waals surface area (Å²) in [6.45, 7) is 2.17. The second kappa shape index (κ2) is 10.9. The van der Waals surface area contributed by atoms with Crippen molar-refractivity contribution >= 4 is 28.9 Å². The summed E-state index contributed by atoms with van der Waals surface area (Å²) in [7, 11) is 2.13. The minimum Gasteiger partial charge on any atom is -0.464 e. The predicted octanol–water partition coefficient (Wildman–Crippen LogP) is 4.02. The summed E-state index contributed by atoms with van der Waals surface area (Å²) in [6, 6.07) is 10.1. The Hall–Kier alpha value is -1.44. The van der Waals surface area contributed by atoms with Gasteiger partial charge in [-0.25, -0.2) is 0 Å². The first-order chi connectivity index (χ1) is 14.6. The first-order valence-electron chi connectivity index (χ1n) is 11.4. The highest BCUT2D eigenvalue weighted by Crippen LogP contribution is 2.48. The van der Waals surface area contributed by atoms with Crippen LogP contribution in [0.15, 0.2) is 30.3 Å². The summed E-state index contributed by atoms with van der Waals surface area (Å²) in [5, 5.41) is 0. The molecule has 4 rings (SSSR count). The molecule has 31 heavy (non-hydrogen) atoms. The molecule has 0 saturated carbocycles. The molecule has 0 spiro atoms. The second-order valence-corrected chi connectivity index (χ2v) is 8.85. The lowest BCUT2D eigenvalue weighted by molar-refractivity contribution is -0.159. The Morgan fingerprint density at radius 1 is 1.10 bits per heavy atom. The van der Waals surface area contributed by atoms with Gasteiger partial charge in [0, 0.05) is 31.3 Å². The molecule has 2 bridgehead atoms. The number of rotatable bonds is 10. The van der Waals surface area contributed by atoms with Crippen molar-refractivity contribution in [1.29, 1.82) is 0 Å². The Kier molecular flexibility index (Phi) is 8.53. The van der Waals surface area contributed by atoms with Crippen molar-refractivity contribution in [2.45, 2.75) is 88.2 Å². The van der Waals surface area contributed by atoms with E-state index in [-0.39, 0.29) is 41.6 Å². The van der Waals surface area contributed by atoms with Crippen LogP contribution in [-0.2, 0) is 23.8 Å². The summed E-state index contributed by atoms with van der Waals surface area (Å²) >= 11 is 0. The van der Waals surface area contributed by atoms with Gasteiger partial charge in [-0.05, 0) is 19.0 Å². The van der Waals surface area contributed by atoms with Crippen LogP contribution >= 0.6 is 17.0 Å². The molecule has 172 valence electrons. The number of benzene rings is 1. The van der Waals surface area contributed by atoms with E-state index in [0.717, 1.165) is 44.1 Å². The lowest BCUT2D eigenvalue weighted by Gasteiger charge is -2.38. The highest BCUT2D eigenvalue weighted by molar-refractivity contribution is 8.93. The van der Waals surface area contributed by atoms with E-state index in [4.69, 9.17) is 14.2 Å². The highest BCUT2D eigenvalue weighted by atomic mass is 79.9. The van der Waals surface area contributed by atoms with Crippen molar-refractivity contribution in [2.24, 2.45) is 0 Å². The third kappa shape index (κ3) is 5.68. The van der Waals surface area contributed by atoms with Gasteiger partial charge in [-0.2, -0.15) is 0 Å². The van der Waals surface area contributed by atoms with Gasteiger partial charge in [0.05, 0.1) is 0 Å². The number of morpholine rings is 1. The largest absolute Gasteiger partial charge is 0.464 e. The van der Waals surface area contributed by atoms with E-state index in [0.29, 0.717) is 30.7 Å². The number of carbonyl (C=O) groups is 2. The van der Waals surface area contributed by atoms with E-state index < -0.39 is 5.92 Å².